The molecule has 0 bridgehead atoms. The van der Waals surface area contributed by atoms with Gasteiger partial charge in [-0.2, -0.15) is 0 Å². The number of hydrogen-bond donors (Lipinski definition) is 1. The lowest BCUT2D eigenvalue weighted by Crippen LogP contribution is -2.17. The van der Waals surface area contributed by atoms with Gasteiger partial charge < -0.3 is 10.2 Å². The Labute approximate surface area is 139 Å². The molecule has 1 aliphatic heterocycles. The maximum Gasteiger partial charge on any atom is 0.0456 e. The molecule has 0 atom stereocenters. The fraction of sp³-hybridized carbons (Fsp3) is 0.294. The van der Waals surface area contributed by atoms with E-state index in [0.717, 1.165) is 27.3 Å². The summed E-state index contributed by atoms with van der Waals surface area (Å²) < 4.78 is 1.05. The minimum Gasteiger partial charge on any atom is -0.381 e. The van der Waals surface area contributed by atoms with Crippen LogP contribution in [0.3, 0.4) is 0 Å². The molecule has 1 aliphatic rings. The molecule has 2 nitrogen and oxygen atoms in total. The molecule has 0 radical (unpaired) electrons. The number of benzene rings is 2. The zero-order valence-corrected chi connectivity index (χ0v) is 14.1. The van der Waals surface area contributed by atoms with Crippen LogP contribution in [0.25, 0.3) is 0 Å². The molecule has 1 N–H and O–H groups in total. The first-order chi connectivity index (χ1) is 10.2. The van der Waals surface area contributed by atoms with Crippen molar-refractivity contribution < 1.29 is 0 Å². The average Bonchev–Trinajstić information content (AvgIpc) is 3.03. The van der Waals surface area contributed by atoms with Gasteiger partial charge in [-0.1, -0.05) is 27.5 Å². The maximum atomic E-state index is 6.21. The number of hydrogen-bond acceptors (Lipinski definition) is 2. The molecule has 4 heteroatoms. The third kappa shape index (κ3) is 3.72. The molecule has 0 aromatic heterocycles. The summed E-state index contributed by atoms with van der Waals surface area (Å²) in [7, 11) is 0. The van der Waals surface area contributed by atoms with Crippen LogP contribution in [0.1, 0.15) is 18.4 Å². The Morgan fingerprint density at radius 3 is 2.48 bits per heavy atom. The van der Waals surface area contributed by atoms with Gasteiger partial charge in [0.25, 0.3) is 0 Å². The summed E-state index contributed by atoms with van der Waals surface area (Å²) in [5.41, 5.74) is 3.53. The van der Waals surface area contributed by atoms with Gasteiger partial charge in [-0.15, -0.1) is 0 Å². The number of halogens is 2. The van der Waals surface area contributed by atoms with E-state index in [1.807, 2.05) is 18.2 Å². The van der Waals surface area contributed by atoms with Crippen molar-refractivity contribution in [3.63, 3.8) is 0 Å². The lowest BCUT2D eigenvalue weighted by molar-refractivity contribution is 0.949. The van der Waals surface area contributed by atoms with Gasteiger partial charge >= 0.3 is 0 Å². The van der Waals surface area contributed by atoms with Crippen LogP contribution in [-0.4, -0.2) is 13.1 Å². The van der Waals surface area contributed by atoms with Gasteiger partial charge in [0.15, 0.2) is 0 Å². The Kier molecular flexibility index (Phi) is 4.71. The predicted molar refractivity (Wildman–Crippen MR) is 94.4 cm³/mol. The van der Waals surface area contributed by atoms with E-state index in [0.29, 0.717) is 0 Å². The predicted octanol–water partition coefficient (Wildman–Crippen LogP) is 5.31. The monoisotopic (exact) mass is 364 g/mol. The first-order valence-corrected chi connectivity index (χ1v) is 8.42. The van der Waals surface area contributed by atoms with Crippen LogP contribution in [0.2, 0.25) is 5.02 Å². The van der Waals surface area contributed by atoms with E-state index in [1.165, 1.54) is 31.6 Å². The highest BCUT2D eigenvalue weighted by Gasteiger charge is 2.11. The third-order valence-electron chi connectivity index (χ3n) is 3.83. The highest BCUT2D eigenvalue weighted by molar-refractivity contribution is 9.10. The molecule has 0 aliphatic carbocycles. The first kappa shape index (κ1) is 14.7. The summed E-state index contributed by atoms with van der Waals surface area (Å²) in [6.45, 7) is 3.09. The fourth-order valence-electron chi connectivity index (χ4n) is 2.64. The molecule has 21 heavy (non-hydrogen) atoms. The van der Waals surface area contributed by atoms with Crippen LogP contribution in [0.15, 0.2) is 46.9 Å². The van der Waals surface area contributed by atoms with Crippen LogP contribution in [-0.2, 0) is 6.54 Å². The number of anilines is 2. The van der Waals surface area contributed by atoms with Gasteiger partial charge in [0.05, 0.1) is 0 Å². The zero-order chi connectivity index (χ0) is 14.7. The Morgan fingerprint density at radius 1 is 1.05 bits per heavy atom. The molecule has 1 heterocycles. The standard InChI is InChI=1S/C17H18BrClN2/c18-14-3-8-17(19)13(11-14)12-20-15-4-6-16(7-5-15)21-9-1-2-10-21/h3-8,11,20H,1-2,9-10,12H2. The van der Waals surface area contributed by atoms with Gasteiger partial charge in [-0.05, 0) is 60.9 Å². The average molecular weight is 366 g/mol. The molecule has 0 saturated carbocycles. The van der Waals surface area contributed by atoms with Crippen molar-refractivity contribution >= 4 is 38.9 Å². The second kappa shape index (κ2) is 6.71. The van der Waals surface area contributed by atoms with Gasteiger partial charge in [-0.3, -0.25) is 0 Å². The van der Waals surface area contributed by atoms with Crippen molar-refractivity contribution in [1.29, 1.82) is 0 Å². The van der Waals surface area contributed by atoms with Gasteiger partial charge in [-0.25, -0.2) is 0 Å². The molecule has 0 spiro atoms. The zero-order valence-electron chi connectivity index (χ0n) is 11.8. The molecule has 0 amide bonds. The summed E-state index contributed by atoms with van der Waals surface area (Å²) in [5, 5.41) is 4.21. The van der Waals surface area contributed by atoms with E-state index >= 15 is 0 Å². The molecule has 1 fully saturated rings. The summed E-state index contributed by atoms with van der Waals surface area (Å²) in [6.07, 6.45) is 2.61. The Morgan fingerprint density at radius 2 is 1.76 bits per heavy atom. The molecule has 2 aromatic carbocycles. The Bertz CT molecular complexity index is 607. The van der Waals surface area contributed by atoms with E-state index in [4.69, 9.17) is 11.6 Å². The van der Waals surface area contributed by atoms with Crippen molar-refractivity contribution in [2.24, 2.45) is 0 Å². The van der Waals surface area contributed by atoms with E-state index in [-0.39, 0.29) is 0 Å². The Balaban J connectivity index is 1.64. The molecule has 3 rings (SSSR count). The lowest BCUT2D eigenvalue weighted by atomic mass is 10.2. The summed E-state index contributed by atoms with van der Waals surface area (Å²) in [6, 6.07) is 14.6. The van der Waals surface area contributed by atoms with Crippen molar-refractivity contribution in [2.75, 3.05) is 23.3 Å². The molecule has 1 saturated heterocycles. The fourth-order valence-corrected chi connectivity index (χ4v) is 3.23. The molecule has 2 aromatic rings. The minimum atomic E-state index is 0.724. The van der Waals surface area contributed by atoms with E-state index in [2.05, 4.69) is 50.4 Å². The van der Waals surface area contributed by atoms with Crippen molar-refractivity contribution in [2.45, 2.75) is 19.4 Å². The van der Waals surface area contributed by atoms with E-state index in [1.54, 1.807) is 0 Å². The quantitative estimate of drug-likeness (QED) is 0.789. The van der Waals surface area contributed by atoms with E-state index < -0.39 is 0 Å². The molecule has 0 unspecified atom stereocenters. The van der Waals surface area contributed by atoms with Crippen molar-refractivity contribution in [3.8, 4) is 0 Å². The van der Waals surface area contributed by atoms with Gasteiger partial charge in [0.2, 0.25) is 0 Å². The summed E-state index contributed by atoms with van der Waals surface area (Å²) >= 11 is 9.68. The van der Waals surface area contributed by atoms with Crippen LogP contribution < -0.4 is 10.2 Å². The second-order valence-corrected chi connectivity index (χ2v) is 6.65. The smallest absolute Gasteiger partial charge is 0.0456 e. The summed E-state index contributed by atoms with van der Waals surface area (Å²) in [4.78, 5) is 2.44. The molecule has 110 valence electrons. The number of nitrogens with zero attached hydrogens (tertiary/aromatic N) is 1. The van der Waals surface area contributed by atoms with Crippen molar-refractivity contribution in [3.05, 3.63) is 57.5 Å². The van der Waals surface area contributed by atoms with Crippen LogP contribution in [0.4, 0.5) is 11.4 Å². The van der Waals surface area contributed by atoms with Crippen LogP contribution in [0.5, 0.6) is 0 Å². The highest BCUT2D eigenvalue weighted by Crippen LogP contribution is 2.24. The third-order valence-corrected chi connectivity index (χ3v) is 4.69. The number of nitrogens with one attached hydrogen (secondary N) is 1. The lowest BCUT2D eigenvalue weighted by Gasteiger charge is -2.18. The highest BCUT2D eigenvalue weighted by atomic mass is 79.9. The van der Waals surface area contributed by atoms with Crippen molar-refractivity contribution in [1.82, 2.24) is 0 Å². The normalized spacial score (nSPS) is 14.5. The minimum absolute atomic E-state index is 0.724. The van der Waals surface area contributed by atoms with Crippen LogP contribution >= 0.6 is 27.5 Å². The van der Waals surface area contributed by atoms with Gasteiger partial charge in [0.1, 0.15) is 0 Å². The first-order valence-electron chi connectivity index (χ1n) is 7.25. The number of rotatable bonds is 4. The van der Waals surface area contributed by atoms with E-state index in [9.17, 15) is 0 Å². The second-order valence-electron chi connectivity index (χ2n) is 5.33. The topological polar surface area (TPSA) is 15.3 Å². The molecular weight excluding hydrogens is 348 g/mol. The SMILES string of the molecule is Clc1ccc(Br)cc1CNc1ccc(N2CCCC2)cc1. The molecular formula is C17H18BrClN2. The largest absolute Gasteiger partial charge is 0.381 e. The Hall–Kier alpha value is -1.19. The van der Waals surface area contributed by atoms with Gasteiger partial charge in [0, 0.05) is 40.5 Å². The van der Waals surface area contributed by atoms with Crippen LogP contribution in [0, 0.1) is 0 Å². The maximum absolute atomic E-state index is 6.21. The summed E-state index contributed by atoms with van der Waals surface area (Å²) in [5.74, 6) is 0.